The van der Waals surface area contributed by atoms with Crippen molar-refractivity contribution in [3.63, 3.8) is 0 Å². The average molecular weight is 372 g/mol. The third-order valence-corrected chi connectivity index (χ3v) is 5.86. The van der Waals surface area contributed by atoms with E-state index < -0.39 is 0 Å². The Kier molecular flexibility index (Phi) is 9.44. The summed E-state index contributed by atoms with van der Waals surface area (Å²) in [6, 6.07) is 8.59. The minimum absolute atomic E-state index is 0.0262. The molecule has 0 radical (unpaired) electrons. The molecule has 0 unspecified atom stereocenters. The van der Waals surface area contributed by atoms with E-state index in [-0.39, 0.29) is 5.91 Å². The lowest BCUT2D eigenvalue weighted by atomic mass is 9.77. The summed E-state index contributed by atoms with van der Waals surface area (Å²) in [6.45, 7) is 6.98. The molecule has 3 heteroatoms. The van der Waals surface area contributed by atoms with Crippen molar-refractivity contribution >= 4 is 5.91 Å². The second-order valence-corrected chi connectivity index (χ2v) is 7.86. The maximum Gasteiger partial charge on any atom is 0.246 e. The van der Waals surface area contributed by atoms with Crippen molar-refractivity contribution in [3.05, 3.63) is 41.5 Å². The summed E-state index contributed by atoms with van der Waals surface area (Å²) in [5.74, 6) is 2.52. The number of hydrogen-bond acceptors (Lipinski definition) is 2. The summed E-state index contributed by atoms with van der Waals surface area (Å²) in [6.07, 6.45) is 12.8. The number of hydrogen-bond donors (Lipinski definition) is 1. The van der Waals surface area contributed by atoms with E-state index in [1.165, 1.54) is 56.9 Å². The topological polar surface area (TPSA) is 38.3 Å². The molecule has 1 amide bonds. The van der Waals surface area contributed by atoms with Gasteiger partial charge in [-0.25, -0.2) is 0 Å². The first-order valence-corrected chi connectivity index (χ1v) is 10.8. The highest BCUT2D eigenvalue weighted by molar-refractivity contribution is 5.92. The van der Waals surface area contributed by atoms with E-state index in [4.69, 9.17) is 4.74 Å². The molecule has 0 saturated heterocycles. The Labute approximate surface area is 165 Å². The molecule has 2 rings (SSSR count). The molecule has 1 N–H and O–H groups in total. The summed E-state index contributed by atoms with van der Waals surface area (Å²) in [7, 11) is 0. The third-order valence-electron chi connectivity index (χ3n) is 5.86. The van der Waals surface area contributed by atoms with Crippen LogP contribution in [0.1, 0.15) is 83.6 Å². The molecule has 0 aromatic heterocycles. The Bertz CT molecular complexity index is 583. The van der Waals surface area contributed by atoms with Crippen molar-refractivity contribution in [3.8, 4) is 5.75 Å². The lowest BCUT2D eigenvalue weighted by Crippen LogP contribution is -2.28. The summed E-state index contributed by atoms with van der Waals surface area (Å²) in [4.78, 5) is 11.7. The van der Waals surface area contributed by atoms with E-state index in [0.29, 0.717) is 19.1 Å². The van der Waals surface area contributed by atoms with E-state index in [0.717, 1.165) is 17.2 Å². The maximum absolute atomic E-state index is 11.7. The van der Waals surface area contributed by atoms with Crippen LogP contribution in [0.25, 0.3) is 0 Å². The summed E-state index contributed by atoms with van der Waals surface area (Å²) < 4.78 is 5.75. The third kappa shape index (κ3) is 7.40. The first-order valence-electron chi connectivity index (χ1n) is 10.8. The number of rotatable bonds is 10. The Morgan fingerprint density at radius 1 is 1.15 bits per heavy atom. The maximum atomic E-state index is 11.7. The van der Waals surface area contributed by atoms with Crippen LogP contribution in [0.5, 0.6) is 5.75 Å². The van der Waals surface area contributed by atoms with Gasteiger partial charge in [-0.05, 0) is 69.1 Å². The summed E-state index contributed by atoms with van der Waals surface area (Å²) in [5.41, 5.74) is 2.19. The highest BCUT2D eigenvalue weighted by Gasteiger charge is 2.21. The van der Waals surface area contributed by atoms with Crippen molar-refractivity contribution in [2.45, 2.75) is 78.1 Å². The fourth-order valence-corrected chi connectivity index (χ4v) is 3.91. The molecule has 0 atom stereocenters. The van der Waals surface area contributed by atoms with Crippen molar-refractivity contribution in [2.75, 3.05) is 13.2 Å². The fraction of sp³-hybridized carbons (Fsp3) is 0.625. The normalized spacial score (nSPS) is 20.3. The predicted molar refractivity (Wildman–Crippen MR) is 113 cm³/mol. The van der Waals surface area contributed by atoms with Crippen LogP contribution in [-0.4, -0.2) is 19.1 Å². The minimum Gasteiger partial charge on any atom is -0.492 e. The Morgan fingerprint density at radius 2 is 1.85 bits per heavy atom. The van der Waals surface area contributed by atoms with Crippen molar-refractivity contribution in [1.82, 2.24) is 5.32 Å². The fourth-order valence-electron chi connectivity index (χ4n) is 3.91. The Hall–Kier alpha value is -1.77. The predicted octanol–water partition coefficient (Wildman–Crippen LogP) is 6.00. The van der Waals surface area contributed by atoms with E-state index in [1.54, 1.807) is 0 Å². The van der Waals surface area contributed by atoms with Crippen LogP contribution in [-0.2, 0) is 4.79 Å². The number of amides is 1. The molecule has 1 aromatic carbocycles. The first kappa shape index (κ1) is 21.5. The number of carbonyl (C=O) groups is 1. The van der Waals surface area contributed by atoms with Gasteiger partial charge < -0.3 is 10.1 Å². The van der Waals surface area contributed by atoms with Gasteiger partial charge in [0.1, 0.15) is 12.4 Å². The number of carbonyl (C=O) groups excluding carboxylic acids is 1. The summed E-state index contributed by atoms with van der Waals surface area (Å²) >= 11 is 0. The van der Waals surface area contributed by atoms with Crippen LogP contribution >= 0.6 is 0 Å². The van der Waals surface area contributed by atoms with Gasteiger partial charge in [-0.15, -0.1) is 0 Å². The molecule has 3 nitrogen and oxygen atoms in total. The number of benzene rings is 1. The van der Waals surface area contributed by atoms with Crippen LogP contribution in [0.2, 0.25) is 0 Å². The monoisotopic (exact) mass is 371 g/mol. The lowest BCUT2D eigenvalue weighted by Gasteiger charge is -2.29. The van der Waals surface area contributed by atoms with Crippen molar-refractivity contribution < 1.29 is 9.53 Å². The number of unbranched alkanes of at least 4 members (excludes halogenated alkanes) is 2. The molecule has 0 aliphatic heterocycles. The zero-order chi connectivity index (χ0) is 19.5. The van der Waals surface area contributed by atoms with Gasteiger partial charge in [0.25, 0.3) is 0 Å². The largest absolute Gasteiger partial charge is 0.492 e. The van der Waals surface area contributed by atoms with Gasteiger partial charge in [0.05, 0.1) is 6.54 Å². The Balaban J connectivity index is 1.69. The van der Waals surface area contributed by atoms with Crippen molar-refractivity contribution in [2.24, 2.45) is 5.92 Å². The molecule has 1 aromatic rings. The zero-order valence-corrected chi connectivity index (χ0v) is 17.4. The van der Waals surface area contributed by atoms with E-state index in [2.05, 4.69) is 36.5 Å². The first-order chi connectivity index (χ1) is 13.1. The van der Waals surface area contributed by atoms with Crippen molar-refractivity contribution in [1.29, 1.82) is 0 Å². The highest BCUT2D eigenvalue weighted by Crippen LogP contribution is 2.38. The molecule has 150 valence electrons. The minimum atomic E-state index is -0.0262. The molecule has 1 saturated carbocycles. The van der Waals surface area contributed by atoms with Gasteiger partial charge in [0.15, 0.2) is 0 Å². The van der Waals surface area contributed by atoms with Gasteiger partial charge in [-0.1, -0.05) is 50.8 Å². The molecular formula is C24H37NO2. The second-order valence-electron chi connectivity index (χ2n) is 7.86. The molecule has 27 heavy (non-hydrogen) atoms. The smallest absolute Gasteiger partial charge is 0.246 e. The van der Waals surface area contributed by atoms with E-state index >= 15 is 0 Å². The standard InChI is InChI=1S/C24H37NO2/c1-4-6-7-8-20-9-11-21(12-10-20)22-13-15-23(16-14-22)27-18-17-25-24(26)19(3)5-2/h5,13-16,20-21H,4,6-12,17-18H2,1-3H3,(H,25,26)/b19-5+. The van der Waals surface area contributed by atoms with Crippen LogP contribution in [0, 0.1) is 5.92 Å². The van der Waals surface area contributed by atoms with Crippen LogP contribution in [0.3, 0.4) is 0 Å². The van der Waals surface area contributed by atoms with Gasteiger partial charge in [-0.3, -0.25) is 4.79 Å². The molecule has 0 spiro atoms. The van der Waals surface area contributed by atoms with Crippen LogP contribution in [0.4, 0.5) is 0 Å². The molecule has 0 heterocycles. The highest BCUT2D eigenvalue weighted by atomic mass is 16.5. The van der Waals surface area contributed by atoms with Gasteiger partial charge >= 0.3 is 0 Å². The number of nitrogens with one attached hydrogen (secondary N) is 1. The van der Waals surface area contributed by atoms with Crippen LogP contribution in [0.15, 0.2) is 35.9 Å². The molecule has 0 bridgehead atoms. The Morgan fingerprint density at radius 3 is 2.48 bits per heavy atom. The van der Waals surface area contributed by atoms with Crippen LogP contribution < -0.4 is 10.1 Å². The molecular weight excluding hydrogens is 334 g/mol. The number of ether oxygens (including phenoxy) is 1. The lowest BCUT2D eigenvalue weighted by molar-refractivity contribution is -0.117. The van der Waals surface area contributed by atoms with E-state index in [9.17, 15) is 4.79 Å². The quantitative estimate of drug-likeness (QED) is 0.404. The molecule has 1 aliphatic rings. The summed E-state index contributed by atoms with van der Waals surface area (Å²) in [5, 5.41) is 2.86. The van der Waals surface area contributed by atoms with Gasteiger partial charge in [0, 0.05) is 5.57 Å². The molecule has 1 fully saturated rings. The van der Waals surface area contributed by atoms with Gasteiger partial charge in [0.2, 0.25) is 5.91 Å². The molecule has 1 aliphatic carbocycles. The van der Waals surface area contributed by atoms with E-state index in [1.807, 2.05) is 19.9 Å². The van der Waals surface area contributed by atoms with Gasteiger partial charge in [-0.2, -0.15) is 0 Å². The SMILES string of the molecule is C/C=C(\C)C(=O)NCCOc1ccc(C2CCC(CCCCC)CC2)cc1. The zero-order valence-electron chi connectivity index (χ0n) is 17.4. The number of allylic oxidation sites excluding steroid dienone is 1. The average Bonchev–Trinajstić information content (AvgIpc) is 2.71. The second kappa shape index (κ2) is 11.8.